The van der Waals surface area contributed by atoms with Crippen molar-refractivity contribution in [3.05, 3.63) is 11.6 Å². The molecule has 0 aromatic rings. The van der Waals surface area contributed by atoms with Crippen LogP contribution in [0, 0.1) is 0 Å². The van der Waals surface area contributed by atoms with Crippen LogP contribution < -0.4 is 5.73 Å². The number of ether oxygens (including phenoxy) is 1. The smallest absolute Gasteiger partial charge is 0.0867 e. The highest BCUT2D eigenvalue weighted by molar-refractivity contribution is 5.17. The van der Waals surface area contributed by atoms with Crippen LogP contribution in [0.15, 0.2) is 11.6 Å². The second-order valence-electron chi connectivity index (χ2n) is 6.39. The highest BCUT2D eigenvalue weighted by Crippen LogP contribution is 2.36. The molecule has 2 nitrogen and oxygen atoms in total. The Kier molecular flexibility index (Phi) is 5.90. The fraction of sp³-hybridized carbons (Fsp3) is 0.882. The maximum absolute atomic E-state index is 6.67. The van der Waals surface area contributed by atoms with Gasteiger partial charge in [0.25, 0.3) is 0 Å². The van der Waals surface area contributed by atoms with Crippen molar-refractivity contribution in [3.8, 4) is 0 Å². The first-order chi connectivity index (χ1) is 9.28. The molecule has 0 radical (unpaired) electrons. The van der Waals surface area contributed by atoms with E-state index in [0.717, 1.165) is 12.8 Å². The van der Waals surface area contributed by atoms with Crippen LogP contribution in [0.3, 0.4) is 0 Å². The van der Waals surface area contributed by atoms with Gasteiger partial charge >= 0.3 is 0 Å². The molecule has 1 unspecified atom stereocenters. The molecule has 0 saturated heterocycles. The molecule has 0 bridgehead atoms. The molecule has 0 heterocycles. The minimum Gasteiger partial charge on any atom is -0.376 e. The molecule has 0 spiro atoms. The lowest BCUT2D eigenvalue weighted by Crippen LogP contribution is -2.50. The lowest BCUT2D eigenvalue weighted by Gasteiger charge is -2.39. The number of hydrogen-bond donors (Lipinski definition) is 1. The van der Waals surface area contributed by atoms with Gasteiger partial charge < -0.3 is 10.5 Å². The van der Waals surface area contributed by atoms with Crippen LogP contribution in [0.4, 0.5) is 0 Å². The molecule has 1 fully saturated rings. The summed E-state index contributed by atoms with van der Waals surface area (Å²) in [6.07, 6.45) is 17.7. The number of allylic oxidation sites excluding steroid dienone is 1. The lowest BCUT2D eigenvalue weighted by atomic mass is 9.80. The predicted molar refractivity (Wildman–Crippen MR) is 81.2 cm³/mol. The Hall–Kier alpha value is -0.340. The van der Waals surface area contributed by atoms with Crippen molar-refractivity contribution >= 4 is 0 Å². The SMILES string of the molecule is COC1(C(N)C2=CCCCCCC2)CCCCCC1. The highest BCUT2D eigenvalue weighted by atomic mass is 16.5. The third-order valence-corrected chi connectivity index (χ3v) is 5.15. The second kappa shape index (κ2) is 7.44. The van der Waals surface area contributed by atoms with Crippen molar-refractivity contribution in [2.75, 3.05) is 7.11 Å². The van der Waals surface area contributed by atoms with Gasteiger partial charge in [-0.25, -0.2) is 0 Å². The van der Waals surface area contributed by atoms with Gasteiger partial charge in [-0.3, -0.25) is 0 Å². The van der Waals surface area contributed by atoms with E-state index in [-0.39, 0.29) is 11.6 Å². The van der Waals surface area contributed by atoms with Gasteiger partial charge in [0.1, 0.15) is 0 Å². The topological polar surface area (TPSA) is 35.2 Å². The predicted octanol–water partition coefficient (Wildman–Crippen LogP) is 4.33. The average molecular weight is 265 g/mol. The van der Waals surface area contributed by atoms with E-state index < -0.39 is 0 Å². The molecule has 1 atom stereocenters. The van der Waals surface area contributed by atoms with Crippen molar-refractivity contribution in [2.45, 2.75) is 88.7 Å². The van der Waals surface area contributed by atoms with E-state index in [1.165, 1.54) is 69.8 Å². The van der Waals surface area contributed by atoms with Crippen LogP contribution in [-0.2, 0) is 4.74 Å². The molecule has 2 N–H and O–H groups in total. The first-order valence-corrected chi connectivity index (χ1v) is 8.28. The van der Waals surface area contributed by atoms with Gasteiger partial charge in [-0.15, -0.1) is 0 Å². The Morgan fingerprint density at radius 1 is 1.00 bits per heavy atom. The van der Waals surface area contributed by atoms with Crippen molar-refractivity contribution in [3.63, 3.8) is 0 Å². The van der Waals surface area contributed by atoms with Crippen LogP contribution in [0.5, 0.6) is 0 Å². The molecular weight excluding hydrogens is 234 g/mol. The molecule has 0 amide bonds. The quantitative estimate of drug-likeness (QED) is 0.609. The maximum atomic E-state index is 6.67. The summed E-state index contributed by atoms with van der Waals surface area (Å²) in [6, 6.07) is 0.119. The third kappa shape index (κ3) is 3.82. The average Bonchev–Trinajstić information content (AvgIpc) is 2.64. The Balaban J connectivity index is 2.10. The lowest BCUT2D eigenvalue weighted by molar-refractivity contribution is -0.0355. The fourth-order valence-electron chi connectivity index (χ4n) is 3.81. The molecular formula is C17H31NO. The van der Waals surface area contributed by atoms with Crippen molar-refractivity contribution < 1.29 is 4.74 Å². The number of nitrogens with two attached hydrogens (primary N) is 1. The van der Waals surface area contributed by atoms with Gasteiger partial charge in [-0.1, -0.05) is 50.2 Å². The Morgan fingerprint density at radius 2 is 1.63 bits per heavy atom. The molecule has 2 heteroatoms. The Morgan fingerprint density at radius 3 is 2.32 bits per heavy atom. The molecule has 19 heavy (non-hydrogen) atoms. The summed E-state index contributed by atoms with van der Waals surface area (Å²) in [4.78, 5) is 0. The minimum atomic E-state index is -0.0818. The van der Waals surface area contributed by atoms with Crippen LogP contribution in [0.1, 0.15) is 77.0 Å². The molecule has 1 saturated carbocycles. The van der Waals surface area contributed by atoms with E-state index in [0.29, 0.717) is 0 Å². The zero-order valence-corrected chi connectivity index (χ0v) is 12.6. The summed E-state index contributed by atoms with van der Waals surface area (Å²) in [5, 5.41) is 0. The van der Waals surface area contributed by atoms with Gasteiger partial charge in [0.15, 0.2) is 0 Å². The Labute approximate surface area is 118 Å². The van der Waals surface area contributed by atoms with Gasteiger partial charge in [-0.05, 0) is 38.5 Å². The normalized spacial score (nSPS) is 26.7. The van der Waals surface area contributed by atoms with Gasteiger partial charge in [0.2, 0.25) is 0 Å². The van der Waals surface area contributed by atoms with E-state index in [2.05, 4.69) is 6.08 Å². The number of rotatable bonds is 3. The summed E-state index contributed by atoms with van der Waals surface area (Å²) < 4.78 is 5.98. The van der Waals surface area contributed by atoms with Crippen LogP contribution in [0.25, 0.3) is 0 Å². The standard InChI is InChI=1S/C17H31NO/c1-19-17(13-9-5-6-10-14-17)16(18)15-11-7-3-2-4-8-12-15/h11,16H,2-10,12-14,18H2,1H3. The van der Waals surface area contributed by atoms with E-state index in [4.69, 9.17) is 10.5 Å². The summed E-state index contributed by atoms with van der Waals surface area (Å²) in [6.45, 7) is 0. The molecule has 2 rings (SSSR count). The molecule has 110 valence electrons. The summed E-state index contributed by atoms with van der Waals surface area (Å²) in [7, 11) is 1.87. The van der Waals surface area contributed by atoms with Crippen LogP contribution >= 0.6 is 0 Å². The van der Waals surface area contributed by atoms with Gasteiger partial charge in [0, 0.05) is 7.11 Å². The zero-order chi connectivity index (χ0) is 13.6. The van der Waals surface area contributed by atoms with Crippen LogP contribution in [0.2, 0.25) is 0 Å². The Bertz CT molecular complexity index is 290. The van der Waals surface area contributed by atoms with Crippen molar-refractivity contribution in [1.82, 2.24) is 0 Å². The highest BCUT2D eigenvalue weighted by Gasteiger charge is 2.38. The molecule has 0 aliphatic heterocycles. The molecule has 0 aromatic carbocycles. The first-order valence-electron chi connectivity index (χ1n) is 8.28. The number of hydrogen-bond acceptors (Lipinski definition) is 2. The fourth-order valence-corrected chi connectivity index (χ4v) is 3.81. The minimum absolute atomic E-state index is 0.0818. The largest absolute Gasteiger partial charge is 0.376 e. The zero-order valence-electron chi connectivity index (χ0n) is 12.6. The van der Waals surface area contributed by atoms with E-state index in [9.17, 15) is 0 Å². The molecule has 2 aliphatic carbocycles. The second-order valence-corrected chi connectivity index (χ2v) is 6.39. The molecule has 2 aliphatic rings. The van der Waals surface area contributed by atoms with E-state index in [1.807, 2.05) is 7.11 Å². The monoisotopic (exact) mass is 265 g/mol. The summed E-state index contributed by atoms with van der Waals surface area (Å²) in [5.41, 5.74) is 8.06. The maximum Gasteiger partial charge on any atom is 0.0867 e. The van der Waals surface area contributed by atoms with Crippen molar-refractivity contribution in [1.29, 1.82) is 0 Å². The van der Waals surface area contributed by atoms with Crippen molar-refractivity contribution in [2.24, 2.45) is 5.73 Å². The van der Waals surface area contributed by atoms with Gasteiger partial charge in [-0.2, -0.15) is 0 Å². The molecule has 0 aromatic heterocycles. The van der Waals surface area contributed by atoms with Gasteiger partial charge in [0.05, 0.1) is 11.6 Å². The van der Waals surface area contributed by atoms with E-state index >= 15 is 0 Å². The van der Waals surface area contributed by atoms with E-state index in [1.54, 1.807) is 0 Å². The third-order valence-electron chi connectivity index (χ3n) is 5.15. The van der Waals surface area contributed by atoms with Crippen LogP contribution in [-0.4, -0.2) is 18.8 Å². The summed E-state index contributed by atoms with van der Waals surface area (Å²) in [5.74, 6) is 0. The summed E-state index contributed by atoms with van der Waals surface area (Å²) >= 11 is 0. The first kappa shape index (κ1) is 15.1. The number of methoxy groups -OCH3 is 1.